The van der Waals surface area contributed by atoms with Gasteiger partial charge in [-0.05, 0) is 32.0 Å². The second kappa shape index (κ2) is 4.61. The second-order valence-corrected chi connectivity index (χ2v) is 3.41. The van der Waals surface area contributed by atoms with Gasteiger partial charge in [0.05, 0.1) is 11.6 Å². The topological polar surface area (TPSA) is 44.1 Å². The summed E-state index contributed by atoms with van der Waals surface area (Å²) in [6.45, 7) is 4.34. The van der Waals surface area contributed by atoms with E-state index in [4.69, 9.17) is 5.26 Å². The zero-order chi connectivity index (χ0) is 11.4. The van der Waals surface area contributed by atoms with Gasteiger partial charge in [-0.15, -0.1) is 0 Å². The van der Waals surface area contributed by atoms with Crippen molar-refractivity contribution in [1.29, 1.82) is 5.26 Å². The van der Waals surface area contributed by atoms with Crippen molar-refractivity contribution < 1.29 is 4.79 Å². The maximum atomic E-state index is 11.4. The Balaban J connectivity index is 3.30. The number of ketones is 1. The molecular formula is C12H14N2O. The van der Waals surface area contributed by atoms with Gasteiger partial charge in [0.2, 0.25) is 0 Å². The second-order valence-electron chi connectivity index (χ2n) is 3.41. The van der Waals surface area contributed by atoms with E-state index in [0.717, 1.165) is 12.2 Å². The van der Waals surface area contributed by atoms with Crippen LogP contribution in [0.2, 0.25) is 0 Å². The number of rotatable bonds is 3. The molecule has 0 aliphatic rings. The minimum Gasteiger partial charge on any atom is -0.374 e. The Morgan fingerprint density at radius 2 is 2.20 bits per heavy atom. The van der Waals surface area contributed by atoms with Crippen LogP contribution >= 0.6 is 0 Å². The number of anilines is 1. The van der Waals surface area contributed by atoms with Crippen molar-refractivity contribution in [3.8, 4) is 6.07 Å². The lowest BCUT2D eigenvalue weighted by Crippen LogP contribution is -2.18. The lowest BCUT2D eigenvalue weighted by molar-refractivity contribution is 0.101. The Labute approximate surface area is 89.9 Å². The van der Waals surface area contributed by atoms with Gasteiger partial charge in [-0.3, -0.25) is 4.79 Å². The predicted molar refractivity (Wildman–Crippen MR) is 60.1 cm³/mol. The van der Waals surface area contributed by atoms with E-state index in [0.29, 0.717) is 11.1 Å². The van der Waals surface area contributed by atoms with Gasteiger partial charge in [0, 0.05) is 24.8 Å². The Hall–Kier alpha value is -1.82. The number of carbonyl (C=O) groups is 1. The van der Waals surface area contributed by atoms with Crippen LogP contribution in [0.4, 0.5) is 5.69 Å². The fraction of sp³-hybridized carbons (Fsp3) is 0.333. The van der Waals surface area contributed by atoms with E-state index >= 15 is 0 Å². The van der Waals surface area contributed by atoms with Crippen molar-refractivity contribution in [1.82, 2.24) is 0 Å². The molecule has 3 heteroatoms. The summed E-state index contributed by atoms with van der Waals surface area (Å²) in [5, 5.41) is 8.79. The summed E-state index contributed by atoms with van der Waals surface area (Å²) in [6.07, 6.45) is 0. The lowest BCUT2D eigenvalue weighted by Gasteiger charge is -2.19. The first-order valence-electron chi connectivity index (χ1n) is 4.86. The van der Waals surface area contributed by atoms with Crippen LogP contribution in [-0.2, 0) is 0 Å². The molecule has 0 unspecified atom stereocenters. The smallest absolute Gasteiger partial charge is 0.161 e. The molecule has 3 nitrogen and oxygen atoms in total. The van der Waals surface area contributed by atoms with E-state index in [9.17, 15) is 4.79 Å². The first-order valence-corrected chi connectivity index (χ1v) is 4.86. The zero-order valence-electron chi connectivity index (χ0n) is 9.24. The third-order valence-corrected chi connectivity index (χ3v) is 2.39. The molecule has 1 aromatic carbocycles. The van der Waals surface area contributed by atoms with Crippen molar-refractivity contribution in [2.45, 2.75) is 13.8 Å². The van der Waals surface area contributed by atoms with Crippen LogP contribution in [-0.4, -0.2) is 19.4 Å². The van der Waals surface area contributed by atoms with Gasteiger partial charge >= 0.3 is 0 Å². The van der Waals surface area contributed by atoms with E-state index in [1.54, 1.807) is 18.2 Å². The van der Waals surface area contributed by atoms with Crippen LogP contribution in [0.3, 0.4) is 0 Å². The fourth-order valence-electron chi connectivity index (χ4n) is 1.39. The molecule has 0 aromatic heterocycles. The number of Topliss-reactive ketones (excluding diaryl/α,β-unsaturated/α-hetero) is 1. The summed E-state index contributed by atoms with van der Waals surface area (Å²) >= 11 is 0. The van der Waals surface area contributed by atoms with Crippen molar-refractivity contribution >= 4 is 11.5 Å². The average Bonchev–Trinajstić information content (AvgIpc) is 2.26. The summed E-state index contributed by atoms with van der Waals surface area (Å²) in [4.78, 5) is 13.3. The number of nitriles is 1. The fourth-order valence-corrected chi connectivity index (χ4v) is 1.39. The van der Waals surface area contributed by atoms with Gasteiger partial charge in [-0.1, -0.05) is 0 Å². The molecular weight excluding hydrogens is 188 g/mol. The van der Waals surface area contributed by atoms with Crippen LogP contribution < -0.4 is 4.90 Å². The molecule has 0 heterocycles. The quantitative estimate of drug-likeness (QED) is 0.706. The maximum Gasteiger partial charge on any atom is 0.161 e. The van der Waals surface area contributed by atoms with Crippen LogP contribution in [0.25, 0.3) is 0 Å². The van der Waals surface area contributed by atoms with Gasteiger partial charge in [0.15, 0.2) is 5.78 Å². The SMILES string of the molecule is CCN(C)c1cc(C#N)ccc1C(C)=O. The number of benzene rings is 1. The molecule has 1 aromatic rings. The minimum atomic E-state index is 0.0230. The van der Waals surface area contributed by atoms with Gasteiger partial charge < -0.3 is 4.90 Å². The lowest BCUT2D eigenvalue weighted by atomic mass is 10.1. The van der Waals surface area contributed by atoms with Crippen LogP contribution in [0, 0.1) is 11.3 Å². The van der Waals surface area contributed by atoms with Crippen LogP contribution in [0.15, 0.2) is 18.2 Å². The summed E-state index contributed by atoms with van der Waals surface area (Å²) in [5.41, 5.74) is 2.07. The Morgan fingerprint density at radius 3 is 2.67 bits per heavy atom. The highest BCUT2D eigenvalue weighted by Gasteiger charge is 2.10. The third-order valence-electron chi connectivity index (χ3n) is 2.39. The Bertz CT molecular complexity index is 418. The molecule has 0 atom stereocenters. The highest BCUT2D eigenvalue weighted by atomic mass is 16.1. The van der Waals surface area contributed by atoms with Crippen molar-refractivity contribution in [3.63, 3.8) is 0 Å². The zero-order valence-corrected chi connectivity index (χ0v) is 9.24. The first kappa shape index (κ1) is 11.3. The van der Waals surface area contributed by atoms with Gasteiger partial charge in [0.25, 0.3) is 0 Å². The Kier molecular flexibility index (Phi) is 3.46. The van der Waals surface area contributed by atoms with Crippen LogP contribution in [0.5, 0.6) is 0 Å². The van der Waals surface area contributed by atoms with E-state index in [1.165, 1.54) is 6.92 Å². The average molecular weight is 202 g/mol. The summed E-state index contributed by atoms with van der Waals surface area (Å²) < 4.78 is 0. The standard InChI is InChI=1S/C12H14N2O/c1-4-14(3)12-7-10(8-13)5-6-11(12)9(2)15/h5-7H,4H2,1-3H3. The molecule has 0 spiro atoms. The summed E-state index contributed by atoms with van der Waals surface area (Å²) in [7, 11) is 1.91. The third kappa shape index (κ3) is 2.35. The largest absolute Gasteiger partial charge is 0.374 e. The Morgan fingerprint density at radius 1 is 1.53 bits per heavy atom. The highest BCUT2D eigenvalue weighted by Crippen LogP contribution is 2.21. The molecule has 15 heavy (non-hydrogen) atoms. The first-order chi connectivity index (χ1) is 7.10. The molecule has 0 bridgehead atoms. The van der Waals surface area contributed by atoms with Crippen molar-refractivity contribution in [3.05, 3.63) is 29.3 Å². The number of hydrogen-bond acceptors (Lipinski definition) is 3. The normalized spacial score (nSPS) is 9.47. The number of hydrogen-bond donors (Lipinski definition) is 0. The van der Waals surface area contributed by atoms with Gasteiger partial charge in [-0.2, -0.15) is 5.26 Å². The van der Waals surface area contributed by atoms with Crippen molar-refractivity contribution in [2.24, 2.45) is 0 Å². The van der Waals surface area contributed by atoms with Gasteiger partial charge in [-0.25, -0.2) is 0 Å². The summed E-state index contributed by atoms with van der Waals surface area (Å²) in [5.74, 6) is 0.0230. The van der Waals surface area contributed by atoms with E-state index in [2.05, 4.69) is 6.07 Å². The molecule has 0 amide bonds. The molecule has 0 saturated heterocycles. The van der Waals surface area contributed by atoms with E-state index in [1.807, 2.05) is 18.9 Å². The minimum absolute atomic E-state index is 0.0230. The molecule has 0 aliphatic carbocycles. The van der Waals surface area contributed by atoms with Crippen LogP contribution in [0.1, 0.15) is 29.8 Å². The maximum absolute atomic E-state index is 11.4. The summed E-state index contributed by atoms with van der Waals surface area (Å²) in [6, 6.07) is 7.21. The highest BCUT2D eigenvalue weighted by molar-refractivity contribution is 5.99. The molecule has 0 N–H and O–H groups in total. The number of nitrogens with zero attached hydrogens (tertiary/aromatic N) is 2. The predicted octanol–water partition coefficient (Wildman–Crippen LogP) is 2.22. The molecule has 78 valence electrons. The van der Waals surface area contributed by atoms with Crippen molar-refractivity contribution in [2.75, 3.05) is 18.5 Å². The molecule has 0 radical (unpaired) electrons. The molecule has 0 saturated carbocycles. The number of carbonyl (C=O) groups excluding carboxylic acids is 1. The molecule has 1 rings (SSSR count). The van der Waals surface area contributed by atoms with E-state index < -0.39 is 0 Å². The molecule has 0 aliphatic heterocycles. The molecule has 0 fully saturated rings. The van der Waals surface area contributed by atoms with Gasteiger partial charge in [0.1, 0.15) is 0 Å². The van der Waals surface area contributed by atoms with E-state index in [-0.39, 0.29) is 5.78 Å². The monoisotopic (exact) mass is 202 g/mol.